The van der Waals surface area contributed by atoms with Crippen LogP contribution in [0.1, 0.15) is 54.6 Å². The fourth-order valence-corrected chi connectivity index (χ4v) is 6.63. The number of esters is 1. The van der Waals surface area contributed by atoms with Crippen LogP contribution >= 0.6 is 11.6 Å². The second-order valence-electron chi connectivity index (χ2n) is 9.20. The van der Waals surface area contributed by atoms with Crippen LogP contribution in [-0.2, 0) is 9.53 Å². The summed E-state index contributed by atoms with van der Waals surface area (Å²) >= 11 is 6.45. The Morgan fingerprint density at radius 3 is 2.28 bits per heavy atom. The normalized spacial score (nSPS) is 29.8. The largest absolute Gasteiger partial charge is 0.454 e. The van der Waals surface area contributed by atoms with Crippen LogP contribution in [0, 0.1) is 30.1 Å². The van der Waals surface area contributed by atoms with Crippen LogP contribution in [0.5, 0.6) is 0 Å². The first-order valence-electron chi connectivity index (χ1n) is 10.5. The van der Waals surface area contributed by atoms with Gasteiger partial charge in [0.15, 0.2) is 12.4 Å². The van der Waals surface area contributed by atoms with Crippen LogP contribution in [0.2, 0.25) is 5.15 Å². The molecular weight excluding hydrogens is 388 g/mol. The predicted octanol–water partition coefficient (Wildman–Crippen LogP) is 4.78. The van der Waals surface area contributed by atoms with Gasteiger partial charge in [0.2, 0.25) is 0 Å². The number of Topliss-reactive ketones (excluding diaryl/α,β-unsaturated/α-hetero) is 1. The van der Waals surface area contributed by atoms with Crippen molar-refractivity contribution < 1.29 is 14.3 Å². The number of aromatic nitrogens is 2. The fourth-order valence-electron chi connectivity index (χ4n) is 6.28. The molecule has 0 unspecified atom stereocenters. The fraction of sp³-hybridized carbons (Fsp3) is 0.522. The van der Waals surface area contributed by atoms with Crippen molar-refractivity contribution in [3.63, 3.8) is 0 Å². The summed E-state index contributed by atoms with van der Waals surface area (Å²) in [6.45, 7) is 1.56. The average Bonchev–Trinajstić information content (AvgIpc) is 2.99. The minimum atomic E-state index is -0.576. The molecule has 1 heterocycles. The van der Waals surface area contributed by atoms with E-state index < -0.39 is 5.97 Å². The van der Waals surface area contributed by atoms with Gasteiger partial charge in [-0.3, -0.25) is 4.79 Å². The number of aryl methyl sites for hydroxylation is 1. The van der Waals surface area contributed by atoms with E-state index in [2.05, 4.69) is 5.10 Å². The van der Waals surface area contributed by atoms with E-state index in [1.807, 2.05) is 30.3 Å². The number of nitrogens with zero attached hydrogens (tertiary/aromatic N) is 2. The number of halogens is 1. The molecule has 0 saturated heterocycles. The highest BCUT2D eigenvalue weighted by Crippen LogP contribution is 2.60. The van der Waals surface area contributed by atoms with Crippen LogP contribution < -0.4 is 0 Å². The third kappa shape index (κ3) is 3.20. The summed E-state index contributed by atoms with van der Waals surface area (Å²) in [5.41, 5.74) is 1.23. The Bertz CT molecular complexity index is 931. The smallest absolute Gasteiger partial charge is 0.343 e. The van der Waals surface area contributed by atoms with Crippen molar-refractivity contribution in [2.24, 2.45) is 23.2 Å². The van der Waals surface area contributed by atoms with Crippen molar-refractivity contribution in [1.82, 2.24) is 9.78 Å². The maximum absolute atomic E-state index is 13.1. The topological polar surface area (TPSA) is 61.2 Å². The quantitative estimate of drug-likeness (QED) is 0.663. The first-order valence-corrected chi connectivity index (χ1v) is 10.8. The Balaban J connectivity index is 1.30. The molecule has 6 rings (SSSR count). The van der Waals surface area contributed by atoms with E-state index in [4.69, 9.17) is 16.3 Å². The van der Waals surface area contributed by atoms with Crippen LogP contribution in [0.25, 0.3) is 5.69 Å². The first kappa shape index (κ1) is 18.9. The maximum Gasteiger partial charge on any atom is 0.343 e. The van der Waals surface area contributed by atoms with E-state index in [1.54, 1.807) is 6.92 Å². The lowest BCUT2D eigenvalue weighted by atomic mass is 9.48. The molecule has 5 nitrogen and oxygen atoms in total. The van der Waals surface area contributed by atoms with E-state index in [0.29, 0.717) is 23.4 Å². The van der Waals surface area contributed by atoms with Gasteiger partial charge in [0.25, 0.3) is 0 Å². The van der Waals surface area contributed by atoms with Gasteiger partial charge < -0.3 is 4.74 Å². The van der Waals surface area contributed by atoms with Gasteiger partial charge >= 0.3 is 5.97 Å². The Labute approximate surface area is 175 Å². The van der Waals surface area contributed by atoms with Crippen molar-refractivity contribution in [2.75, 3.05) is 6.61 Å². The van der Waals surface area contributed by atoms with Crippen molar-refractivity contribution in [3.05, 3.63) is 46.7 Å². The van der Waals surface area contributed by atoms with Crippen LogP contribution in [0.4, 0.5) is 0 Å². The second kappa shape index (κ2) is 6.98. The number of hydrogen-bond donors (Lipinski definition) is 0. The molecule has 1 aromatic carbocycles. The predicted molar refractivity (Wildman–Crippen MR) is 109 cm³/mol. The Morgan fingerprint density at radius 2 is 1.69 bits per heavy atom. The Kier molecular flexibility index (Phi) is 4.54. The lowest BCUT2D eigenvalue weighted by Gasteiger charge is -2.55. The number of ether oxygens (including phenoxy) is 1. The van der Waals surface area contributed by atoms with Gasteiger partial charge in [-0.25, -0.2) is 9.48 Å². The molecular formula is C23H25ClN2O3. The zero-order valence-electron chi connectivity index (χ0n) is 16.6. The molecule has 4 fully saturated rings. The Hall–Kier alpha value is -2.14. The monoisotopic (exact) mass is 412 g/mol. The highest BCUT2D eigenvalue weighted by molar-refractivity contribution is 6.33. The van der Waals surface area contributed by atoms with Gasteiger partial charge in [-0.15, -0.1) is 0 Å². The van der Waals surface area contributed by atoms with Crippen LogP contribution in [0.3, 0.4) is 0 Å². The first-order chi connectivity index (χ1) is 13.9. The molecule has 0 aliphatic heterocycles. The van der Waals surface area contributed by atoms with Crippen LogP contribution in [-0.4, -0.2) is 28.1 Å². The van der Waals surface area contributed by atoms with E-state index >= 15 is 0 Å². The lowest BCUT2D eigenvalue weighted by molar-refractivity contribution is -0.147. The minimum Gasteiger partial charge on any atom is -0.454 e. The van der Waals surface area contributed by atoms with Gasteiger partial charge in [-0.05, 0) is 75.3 Å². The molecule has 4 aliphatic carbocycles. The molecule has 29 heavy (non-hydrogen) atoms. The van der Waals surface area contributed by atoms with Gasteiger partial charge in [-0.2, -0.15) is 5.10 Å². The number of ketones is 1. The standard InChI is InChI=1S/C23H25ClN2O3/c1-14-20(21(24)26(25-14)18-5-3-2-4-6-18)22(28)29-13-19(27)23-10-15-7-16(11-23)9-17(8-15)12-23/h2-6,15-17H,7-13H2,1H3. The zero-order chi connectivity index (χ0) is 20.2. The molecule has 152 valence electrons. The number of carbonyl (C=O) groups excluding carboxylic acids is 2. The zero-order valence-corrected chi connectivity index (χ0v) is 17.3. The van der Waals surface area contributed by atoms with Gasteiger partial charge in [0.05, 0.1) is 11.4 Å². The molecule has 4 bridgehead atoms. The molecule has 0 radical (unpaired) electrons. The molecule has 4 aliphatic rings. The molecule has 6 heteroatoms. The third-order valence-electron chi connectivity index (χ3n) is 7.17. The number of hydrogen-bond acceptors (Lipinski definition) is 4. The lowest BCUT2D eigenvalue weighted by Crippen LogP contribution is -2.51. The van der Waals surface area contributed by atoms with Gasteiger partial charge in [0, 0.05) is 5.41 Å². The van der Waals surface area contributed by atoms with Crippen molar-refractivity contribution >= 4 is 23.4 Å². The molecule has 0 atom stereocenters. The number of carbonyl (C=O) groups is 2. The number of para-hydroxylation sites is 1. The van der Waals surface area contributed by atoms with Crippen molar-refractivity contribution in [3.8, 4) is 5.69 Å². The molecule has 4 saturated carbocycles. The van der Waals surface area contributed by atoms with Crippen molar-refractivity contribution in [1.29, 1.82) is 0 Å². The number of rotatable bonds is 5. The molecule has 1 aromatic heterocycles. The summed E-state index contributed by atoms with van der Waals surface area (Å²) in [4.78, 5) is 25.8. The molecule has 0 N–H and O–H groups in total. The third-order valence-corrected chi connectivity index (χ3v) is 7.52. The molecule has 0 spiro atoms. The summed E-state index contributed by atoms with van der Waals surface area (Å²) in [6.07, 6.45) is 6.75. The summed E-state index contributed by atoms with van der Waals surface area (Å²) in [5.74, 6) is 1.56. The summed E-state index contributed by atoms with van der Waals surface area (Å²) in [5, 5.41) is 4.59. The van der Waals surface area contributed by atoms with E-state index in [9.17, 15) is 9.59 Å². The SMILES string of the molecule is Cc1nn(-c2ccccc2)c(Cl)c1C(=O)OCC(=O)C12CC3CC(CC(C3)C1)C2. The van der Waals surface area contributed by atoms with E-state index in [-0.39, 0.29) is 28.5 Å². The highest BCUT2D eigenvalue weighted by atomic mass is 35.5. The maximum atomic E-state index is 13.1. The Morgan fingerprint density at radius 1 is 1.10 bits per heavy atom. The summed E-state index contributed by atoms with van der Waals surface area (Å²) in [7, 11) is 0. The average molecular weight is 413 g/mol. The molecule has 0 amide bonds. The van der Waals surface area contributed by atoms with E-state index in [1.165, 1.54) is 23.9 Å². The number of benzene rings is 1. The summed E-state index contributed by atoms with van der Waals surface area (Å²) in [6, 6.07) is 9.39. The van der Waals surface area contributed by atoms with Crippen LogP contribution in [0.15, 0.2) is 30.3 Å². The second-order valence-corrected chi connectivity index (χ2v) is 9.55. The van der Waals surface area contributed by atoms with Gasteiger partial charge in [-0.1, -0.05) is 29.8 Å². The van der Waals surface area contributed by atoms with Crippen molar-refractivity contribution in [2.45, 2.75) is 45.4 Å². The minimum absolute atomic E-state index is 0.0918. The summed E-state index contributed by atoms with van der Waals surface area (Å²) < 4.78 is 6.99. The van der Waals surface area contributed by atoms with Gasteiger partial charge in [0.1, 0.15) is 10.7 Å². The molecule has 2 aromatic rings. The highest BCUT2D eigenvalue weighted by Gasteiger charge is 2.54. The van der Waals surface area contributed by atoms with E-state index in [0.717, 1.165) is 24.9 Å².